The second-order valence-electron chi connectivity index (χ2n) is 5.98. The van der Waals surface area contributed by atoms with E-state index in [1.165, 1.54) is 0 Å². The van der Waals surface area contributed by atoms with Crippen molar-refractivity contribution in [2.75, 3.05) is 6.54 Å². The first-order valence-corrected chi connectivity index (χ1v) is 7.35. The number of carboxylic acids is 1. The quantitative estimate of drug-likeness (QED) is 0.711. The maximum Gasteiger partial charge on any atom is 0.308 e. The fourth-order valence-electron chi connectivity index (χ4n) is 3.83. The minimum Gasteiger partial charge on any atom is -0.481 e. The maximum absolute atomic E-state index is 12.3. The maximum atomic E-state index is 12.3. The molecule has 1 aromatic rings. The van der Waals surface area contributed by atoms with Gasteiger partial charge in [-0.15, -0.1) is 0 Å². The Morgan fingerprint density at radius 3 is 2.90 bits per heavy atom. The highest BCUT2D eigenvalue weighted by molar-refractivity contribution is 5.92. The van der Waals surface area contributed by atoms with Crippen LogP contribution in [-0.4, -0.2) is 39.1 Å². The molecular formula is C14H20N4O3. The standard InChI is InChI=1S/C14H20N4O3/c15-3-4-18-6-10(16-7-18)13(19)17-12-9-2-1-8(5-9)11(12)14(20)21/h6-9,11-12H,1-5,15H2,(H,17,19)(H,20,21). The van der Waals surface area contributed by atoms with Crippen molar-refractivity contribution in [2.24, 2.45) is 23.5 Å². The van der Waals surface area contributed by atoms with E-state index >= 15 is 0 Å². The average molecular weight is 292 g/mol. The SMILES string of the molecule is NCCn1cnc(C(=O)NC2C3CCC(C3)C2C(=O)O)c1. The molecule has 2 fully saturated rings. The number of carboxylic acid groups (broad SMARTS) is 1. The van der Waals surface area contributed by atoms with Crippen LogP contribution in [-0.2, 0) is 11.3 Å². The van der Waals surface area contributed by atoms with Gasteiger partial charge in [0.05, 0.1) is 12.2 Å². The van der Waals surface area contributed by atoms with Crippen molar-refractivity contribution in [3.05, 3.63) is 18.2 Å². The lowest BCUT2D eigenvalue weighted by Crippen LogP contribution is -2.46. The molecule has 4 atom stereocenters. The summed E-state index contributed by atoms with van der Waals surface area (Å²) in [6, 6.07) is -0.270. The van der Waals surface area contributed by atoms with Gasteiger partial charge in [-0.05, 0) is 31.1 Å². The Balaban J connectivity index is 1.70. The summed E-state index contributed by atoms with van der Waals surface area (Å²) >= 11 is 0. The van der Waals surface area contributed by atoms with Crippen molar-refractivity contribution in [1.82, 2.24) is 14.9 Å². The van der Waals surface area contributed by atoms with Crippen LogP contribution in [0.25, 0.3) is 0 Å². The number of carbonyl (C=O) groups excluding carboxylic acids is 1. The lowest BCUT2D eigenvalue weighted by Gasteiger charge is -2.28. The molecule has 0 radical (unpaired) electrons. The molecule has 0 aliphatic heterocycles. The summed E-state index contributed by atoms with van der Waals surface area (Å²) in [6.45, 7) is 1.08. The van der Waals surface area contributed by atoms with Gasteiger partial charge in [-0.25, -0.2) is 4.98 Å². The number of aliphatic carboxylic acids is 1. The fraction of sp³-hybridized carbons (Fsp3) is 0.643. The summed E-state index contributed by atoms with van der Waals surface area (Å²) in [5, 5.41) is 12.3. The van der Waals surface area contributed by atoms with Crippen LogP contribution in [0, 0.1) is 17.8 Å². The first kappa shape index (κ1) is 14.1. The summed E-state index contributed by atoms with van der Waals surface area (Å²) in [5.41, 5.74) is 5.77. The molecule has 0 spiro atoms. The van der Waals surface area contributed by atoms with Crippen LogP contribution in [0.15, 0.2) is 12.5 Å². The highest BCUT2D eigenvalue weighted by Crippen LogP contribution is 2.48. The Labute approximate surface area is 122 Å². The number of nitrogens with zero attached hydrogens (tertiary/aromatic N) is 2. The van der Waals surface area contributed by atoms with Crippen molar-refractivity contribution < 1.29 is 14.7 Å². The Bertz CT molecular complexity index is 556. The van der Waals surface area contributed by atoms with Crippen molar-refractivity contribution in [2.45, 2.75) is 31.8 Å². The van der Waals surface area contributed by atoms with Crippen molar-refractivity contribution in [1.29, 1.82) is 0 Å². The molecule has 2 bridgehead atoms. The van der Waals surface area contributed by atoms with Crippen molar-refractivity contribution in [3.63, 3.8) is 0 Å². The summed E-state index contributed by atoms with van der Waals surface area (Å²) in [7, 11) is 0. The number of amides is 1. The summed E-state index contributed by atoms with van der Waals surface area (Å²) in [6.07, 6.45) is 6.08. The third-order valence-corrected chi connectivity index (χ3v) is 4.75. The molecule has 1 heterocycles. The molecule has 7 nitrogen and oxygen atoms in total. The molecule has 21 heavy (non-hydrogen) atoms. The predicted octanol–water partition coefficient (Wildman–Crippen LogP) is 0.0709. The van der Waals surface area contributed by atoms with E-state index < -0.39 is 11.9 Å². The molecule has 114 valence electrons. The van der Waals surface area contributed by atoms with E-state index in [9.17, 15) is 14.7 Å². The average Bonchev–Trinajstić information content (AvgIpc) is 3.13. The van der Waals surface area contributed by atoms with Crippen molar-refractivity contribution in [3.8, 4) is 0 Å². The van der Waals surface area contributed by atoms with E-state index in [4.69, 9.17) is 5.73 Å². The number of nitrogens with one attached hydrogen (secondary N) is 1. The largest absolute Gasteiger partial charge is 0.481 e. The summed E-state index contributed by atoms with van der Waals surface area (Å²) in [4.78, 5) is 27.7. The van der Waals surface area contributed by atoms with Crippen LogP contribution < -0.4 is 11.1 Å². The van der Waals surface area contributed by atoms with Gasteiger partial charge in [-0.3, -0.25) is 9.59 Å². The molecule has 4 unspecified atom stereocenters. The third kappa shape index (κ3) is 2.53. The van der Waals surface area contributed by atoms with E-state index in [1.54, 1.807) is 17.1 Å². The van der Waals surface area contributed by atoms with Gasteiger partial charge < -0.3 is 20.7 Å². The van der Waals surface area contributed by atoms with Crippen LogP contribution in [0.1, 0.15) is 29.8 Å². The molecule has 7 heteroatoms. The number of nitrogens with two attached hydrogens (primary N) is 1. The number of fused-ring (bicyclic) bond motifs is 2. The van der Waals surface area contributed by atoms with Crippen LogP contribution in [0.4, 0.5) is 0 Å². The molecule has 1 aromatic heterocycles. The number of aromatic nitrogens is 2. The summed E-state index contributed by atoms with van der Waals surface area (Å²) in [5.74, 6) is -1.08. The Kier molecular flexibility index (Phi) is 3.67. The molecule has 0 saturated heterocycles. The van der Waals surface area contributed by atoms with Gasteiger partial charge in [0.1, 0.15) is 5.69 Å². The van der Waals surface area contributed by atoms with Crippen LogP contribution in [0.5, 0.6) is 0 Å². The lowest BCUT2D eigenvalue weighted by atomic mass is 9.84. The number of rotatable bonds is 5. The zero-order chi connectivity index (χ0) is 15.0. The molecule has 0 aromatic carbocycles. The molecule has 3 rings (SSSR count). The first-order valence-electron chi connectivity index (χ1n) is 7.35. The Hall–Kier alpha value is -1.89. The highest BCUT2D eigenvalue weighted by Gasteiger charge is 2.51. The second-order valence-corrected chi connectivity index (χ2v) is 5.98. The van der Waals surface area contributed by atoms with E-state index in [-0.39, 0.29) is 23.8 Å². The number of imidazole rings is 1. The second kappa shape index (κ2) is 5.48. The van der Waals surface area contributed by atoms with E-state index in [0.717, 1.165) is 19.3 Å². The van der Waals surface area contributed by atoms with E-state index in [1.807, 2.05) is 0 Å². The van der Waals surface area contributed by atoms with Gasteiger partial charge in [0.2, 0.25) is 0 Å². The molecule has 2 saturated carbocycles. The zero-order valence-electron chi connectivity index (χ0n) is 11.7. The lowest BCUT2D eigenvalue weighted by molar-refractivity contribution is -0.144. The molecule has 2 aliphatic carbocycles. The smallest absolute Gasteiger partial charge is 0.308 e. The van der Waals surface area contributed by atoms with E-state index in [0.29, 0.717) is 18.8 Å². The Morgan fingerprint density at radius 1 is 1.43 bits per heavy atom. The predicted molar refractivity (Wildman–Crippen MR) is 74.5 cm³/mol. The van der Waals surface area contributed by atoms with Crippen LogP contribution >= 0.6 is 0 Å². The van der Waals surface area contributed by atoms with Gasteiger partial charge in [-0.2, -0.15) is 0 Å². The highest BCUT2D eigenvalue weighted by atomic mass is 16.4. The fourth-order valence-corrected chi connectivity index (χ4v) is 3.83. The minimum atomic E-state index is -0.804. The van der Waals surface area contributed by atoms with E-state index in [2.05, 4.69) is 10.3 Å². The van der Waals surface area contributed by atoms with Crippen LogP contribution in [0.3, 0.4) is 0 Å². The molecule has 2 aliphatic rings. The normalized spacial score (nSPS) is 30.5. The van der Waals surface area contributed by atoms with Gasteiger partial charge in [0, 0.05) is 25.3 Å². The van der Waals surface area contributed by atoms with Crippen molar-refractivity contribution >= 4 is 11.9 Å². The number of hydrogen-bond acceptors (Lipinski definition) is 4. The summed E-state index contributed by atoms with van der Waals surface area (Å²) < 4.78 is 1.75. The van der Waals surface area contributed by atoms with Crippen LogP contribution in [0.2, 0.25) is 0 Å². The minimum absolute atomic E-state index is 0.201. The molecular weight excluding hydrogens is 272 g/mol. The van der Waals surface area contributed by atoms with Gasteiger partial charge >= 0.3 is 5.97 Å². The Morgan fingerprint density at radius 2 is 2.19 bits per heavy atom. The van der Waals surface area contributed by atoms with Gasteiger partial charge in [0.15, 0.2) is 0 Å². The first-order chi connectivity index (χ1) is 10.1. The number of carbonyl (C=O) groups is 2. The van der Waals surface area contributed by atoms with Gasteiger partial charge in [-0.1, -0.05) is 0 Å². The van der Waals surface area contributed by atoms with Gasteiger partial charge in [0.25, 0.3) is 5.91 Å². The molecule has 1 amide bonds. The topological polar surface area (TPSA) is 110 Å². The monoisotopic (exact) mass is 292 g/mol. The number of hydrogen-bond donors (Lipinski definition) is 3. The zero-order valence-corrected chi connectivity index (χ0v) is 11.7. The third-order valence-electron chi connectivity index (χ3n) is 4.75. The molecule has 4 N–H and O–H groups in total.